The molecule has 12 nitrogen and oxygen atoms in total. The Morgan fingerprint density at radius 3 is 2.00 bits per heavy atom. The van der Waals surface area contributed by atoms with Crippen molar-refractivity contribution in [2.24, 2.45) is 0 Å². The number of methoxy groups -OCH3 is 2. The summed E-state index contributed by atoms with van der Waals surface area (Å²) in [6.45, 7) is 7.91. The van der Waals surface area contributed by atoms with Gasteiger partial charge in [0.2, 0.25) is 0 Å². The number of esters is 2. The first-order valence-electron chi connectivity index (χ1n) is 13.9. The number of rotatable bonds is 16. The maximum atomic E-state index is 12.4. The van der Waals surface area contributed by atoms with E-state index in [1.807, 2.05) is 42.5 Å². The zero-order valence-electron chi connectivity index (χ0n) is 25.4. The summed E-state index contributed by atoms with van der Waals surface area (Å²) in [5.41, 5.74) is 0.853. The molecule has 1 unspecified atom stereocenters. The van der Waals surface area contributed by atoms with Gasteiger partial charge in [-0.05, 0) is 59.2 Å². The summed E-state index contributed by atoms with van der Waals surface area (Å²) in [7, 11) is 3.07. The lowest BCUT2D eigenvalue weighted by atomic mass is 9.80. The molecule has 2 N–H and O–H groups in total. The Kier molecular flexibility index (Phi) is 13.1. The molecule has 0 bridgehead atoms. The highest BCUT2D eigenvalue weighted by atomic mass is 16.8. The van der Waals surface area contributed by atoms with Crippen molar-refractivity contribution in [3.05, 3.63) is 127 Å². The summed E-state index contributed by atoms with van der Waals surface area (Å²) in [5.74, 6) is -0.668. The molecule has 0 heterocycles. The fourth-order valence-corrected chi connectivity index (χ4v) is 4.21. The third-order valence-electron chi connectivity index (χ3n) is 6.53. The summed E-state index contributed by atoms with van der Waals surface area (Å²) < 4.78 is 31.7. The van der Waals surface area contributed by atoms with Crippen molar-refractivity contribution >= 4 is 23.8 Å². The average molecular weight is 634 g/mol. The number of nitrogens with zero attached hydrogens (tertiary/aromatic N) is 1. The van der Waals surface area contributed by atoms with Crippen LogP contribution in [0.15, 0.2) is 116 Å². The van der Waals surface area contributed by atoms with Crippen LogP contribution in [-0.4, -0.2) is 55.9 Å². The van der Waals surface area contributed by atoms with Crippen LogP contribution in [0.2, 0.25) is 0 Å². The van der Waals surface area contributed by atoms with Crippen molar-refractivity contribution in [3.63, 3.8) is 0 Å². The van der Waals surface area contributed by atoms with E-state index in [2.05, 4.69) is 17.9 Å². The van der Waals surface area contributed by atoms with Crippen molar-refractivity contribution in [2.45, 2.75) is 18.4 Å². The molecule has 3 aromatic rings. The third kappa shape index (κ3) is 9.79. The Balaban J connectivity index is 1.62. The van der Waals surface area contributed by atoms with E-state index in [-0.39, 0.29) is 36.3 Å². The molecule has 0 saturated heterocycles. The van der Waals surface area contributed by atoms with Gasteiger partial charge in [-0.2, -0.15) is 0 Å². The summed E-state index contributed by atoms with van der Waals surface area (Å²) in [5, 5.41) is 17.8. The molecule has 242 valence electrons. The van der Waals surface area contributed by atoms with Crippen LogP contribution >= 0.6 is 0 Å². The summed E-state index contributed by atoms with van der Waals surface area (Å²) in [6, 6.07) is 21.7. The fourth-order valence-electron chi connectivity index (χ4n) is 4.21. The number of carbonyl (C=O) groups excluding carboxylic acids is 3. The molecule has 0 aliphatic carbocycles. The lowest BCUT2D eigenvalue weighted by Crippen LogP contribution is -2.34. The van der Waals surface area contributed by atoms with Gasteiger partial charge in [0.1, 0.15) is 29.5 Å². The number of carbonyl (C=O) groups is 3. The molecule has 0 aliphatic rings. The minimum Gasteiger partial charge on any atom is -0.497 e. The number of hydrogen-bond acceptors (Lipinski definition) is 12. The molecule has 3 rings (SSSR count). The Morgan fingerprint density at radius 2 is 1.39 bits per heavy atom. The van der Waals surface area contributed by atoms with Gasteiger partial charge < -0.3 is 28.4 Å². The molecular formula is C34H35NO11. The maximum Gasteiger partial charge on any atom is 0.521 e. The van der Waals surface area contributed by atoms with E-state index in [0.717, 1.165) is 11.1 Å². The molecule has 3 aromatic carbocycles. The topological polar surface area (TPSA) is 150 Å². The first-order chi connectivity index (χ1) is 22.1. The Hall–Kier alpha value is -5.43. The van der Waals surface area contributed by atoms with Gasteiger partial charge in [0.05, 0.1) is 39.4 Å². The van der Waals surface area contributed by atoms with Crippen LogP contribution in [0.4, 0.5) is 10.5 Å². The molecule has 0 saturated carbocycles. The van der Waals surface area contributed by atoms with E-state index in [4.69, 9.17) is 34.1 Å². The van der Waals surface area contributed by atoms with Crippen molar-refractivity contribution in [1.29, 1.82) is 0 Å². The van der Waals surface area contributed by atoms with E-state index < -0.39 is 30.1 Å². The van der Waals surface area contributed by atoms with Crippen molar-refractivity contribution in [1.82, 2.24) is 0 Å². The normalized spacial score (nSPS) is 12.0. The lowest BCUT2D eigenvalue weighted by Gasteiger charge is -2.36. The smallest absolute Gasteiger partial charge is 0.497 e. The molecule has 1 atom stereocenters. The molecule has 0 amide bonds. The lowest BCUT2D eigenvalue weighted by molar-refractivity contribution is -0.150. The Labute approximate surface area is 266 Å². The molecule has 46 heavy (non-hydrogen) atoms. The number of benzene rings is 3. The molecule has 12 heteroatoms. The highest BCUT2D eigenvalue weighted by Crippen LogP contribution is 2.41. The molecular weight excluding hydrogens is 598 g/mol. The predicted octanol–water partition coefficient (Wildman–Crippen LogP) is 5.88. The molecule has 0 fully saturated rings. The van der Waals surface area contributed by atoms with Gasteiger partial charge >= 0.3 is 18.1 Å². The first kappa shape index (κ1) is 35.1. The van der Waals surface area contributed by atoms with Crippen LogP contribution in [-0.2, 0) is 34.1 Å². The van der Waals surface area contributed by atoms with Gasteiger partial charge in [0.25, 0.3) is 0 Å². The van der Waals surface area contributed by atoms with Gasteiger partial charge in [0.15, 0.2) is 0 Å². The van der Waals surface area contributed by atoms with Crippen LogP contribution in [0.25, 0.3) is 0 Å². The Bertz CT molecular complexity index is 1520. The monoisotopic (exact) mass is 633 g/mol. The fraction of sp³-hybridized carbons (Fsp3) is 0.206. The number of anilines is 1. The summed E-state index contributed by atoms with van der Waals surface area (Å²) >= 11 is 0. The van der Waals surface area contributed by atoms with Crippen molar-refractivity contribution < 1.29 is 53.2 Å². The average Bonchev–Trinajstić information content (AvgIpc) is 3.07. The number of ether oxygens (including phenoxy) is 6. The van der Waals surface area contributed by atoms with E-state index in [0.29, 0.717) is 17.1 Å². The second-order valence-electron chi connectivity index (χ2n) is 9.48. The summed E-state index contributed by atoms with van der Waals surface area (Å²) in [6.07, 6.45) is 1.28. The van der Waals surface area contributed by atoms with Crippen molar-refractivity contribution in [3.8, 4) is 11.5 Å². The van der Waals surface area contributed by atoms with Crippen LogP contribution in [0.5, 0.6) is 11.5 Å². The van der Waals surface area contributed by atoms with Gasteiger partial charge in [-0.15, -0.1) is 5.23 Å². The molecule has 0 aromatic heterocycles. The second-order valence-corrected chi connectivity index (χ2v) is 9.48. The van der Waals surface area contributed by atoms with Crippen LogP contribution < -0.4 is 14.7 Å². The van der Waals surface area contributed by atoms with Crippen LogP contribution in [0.1, 0.15) is 24.0 Å². The summed E-state index contributed by atoms with van der Waals surface area (Å²) in [4.78, 5) is 36.3. The quantitative estimate of drug-likeness (QED) is 0.0369. The Morgan fingerprint density at radius 1 is 0.783 bits per heavy atom. The standard InChI is InChI=1S/C34H35NO11/c1-24(10-11-25(2)41-3)34(26-8-6-5-7-9-26,27-12-16-29(42-4)17-13-27)44-23-22-43-31(36)20-21-32(37)46-33(38)45-30-18-14-28(15-19-30)35(39)40/h5-19,39-40H,1-2,20-23H2,3-4H3/b11-10-. The largest absolute Gasteiger partial charge is 0.521 e. The van der Waals surface area contributed by atoms with E-state index >= 15 is 0 Å². The highest BCUT2D eigenvalue weighted by molar-refractivity contribution is 5.85. The molecule has 0 radical (unpaired) electrons. The van der Waals surface area contributed by atoms with Crippen LogP contribution in [0, 0.1) is 0 Å². The minimum absolute atomic E-state index is 0.00849. The zero-order valence-corrected chi connectivity index (χ0v) is 25.4. The predicted molar refractivity (Wildman–Crippen MR) is 165 cm³/mol. The maximum absolute atomic E-state index is 12.4. The molecule has 0 aliphatic heterocycles. The van der Waals surface area contributed by atoms with Crippen molar-refractivity contribution in [2.75, 3.05) is 32.7 Å². The zero-order chi connectivity index (χ0) is 33.5. The first-order valence-corrected chi connectivity index (χ1v) is 13.9. The molecule has 0 spiro atoms. The van der Waals surface area contributed by atoms with Gasteiger partial charge in [0, 0.05) is 0 Å². The highest BCUT2D eigenvalue weighted by Gasteiger charge is 2.37. The van der Waals surface area contributed by atoms with E-state index in [1.54, 1.807) is 31.4 Å². The number of allylic oxidation sites excluding steroid dienone is 1. The SMILES string of the molecule is C=C(/C=C\C(=C)C(OCCOC(=O)CCC(=O)OC(=O)Oc1ccc(N(O)O)cc1)(c1ccccc1)c1ccc(OC)cc1)OC. The van der Waals surface area contributed by atoms with Gasteiger partial charge in [-0.3, -0.25) is 20.0 Å². The van der Waals surface area contributed by atoms with E-state index in [9.17, 15) is 14.4 Å². The second kappa shape index (κ2) is 17.2. The third-order valence-corrected chi connectivity index (χ3v) is 6.53. The van der Waals surface area contributed by atoms with Gasteiger partial charge in [-0.1, -0.05) is 61.7 Å². The van der Waals surface area contributed by atoms with Crippen LogP contribution in [0.3, 0.4) is 0 Å². The minimum atomic E-state index is -1.32. The van der Waals surface area contributed by atoms with Gasteiger partial charge in [-0.25, -0.2) is 4.79 Å². The number of hydrogen-bond donors (Lipinski definition) is 2. The van der Waals surface area contributed by atoms with E-state index in [1.165, 1.54) is 31.4 Å².